The Morgan fingerprint density at radius 2 is 1.72 bits per heavy atom. The molecule has 0 unspecified atom stereocenters. The number of para-hydroxylation sites is 1. The van der Waals surface area contributed by atoms with Gasteiger partial charge in [-0.1, -0.05) is 24.3 Å². The van der Waals surface area contributed by atoms with Crippen LogP contribution in [0.3, 0.4) is 0 Å². The lowest BCUT2D eigenvalue weighted by Gasteiger charge is -2.23. The van der Waals surface area contributed by atoms with E-state index in [9.17, 15) is 8.42 Å². The van der Waals surface area contributed by atoms with E-state index in [-0.39, 0.29) is 0 Å². The van der Waals surface area contributed by atoms with E-state index in [1.54, 1.807) is 23.5 Å². The number of benzene rings is 2. The first kappa shape index (κ1) is 16.1. The van der Waals surface area contributed by atoms with Crippen molar-refractivity contribution in [2.45, 2.75) is 11.3 Å². The van der Waals surface area contributed by atoms with E-state index >= 15 is 0 Å². The van der Waals surface area contributed by atoms with Gasteiger partial charge >= 0.3 is 0 Å². The maximum atomic E-state index is 11.7. The Morgan fingerprint density at radius 3 is 2.40 bits per heavy atom. The van der Waals surface area contributed by atoms with Gasteiger partial charge in [0.25, 0.3) is 0 Å². The Labute approximate surface area is 151 Å². The highest BCUT2D eigenvalue weighted by atomic mass is 32.2. The topological polar surface area (TPSA) is 43.4 Å². The van der Waals surface area contributed by atoms with Gasteiger partial charge in [-0.25, -0.2) is 8.42 Å². The zero-order valence-electron chi connectivity index (χ0n) is 13.6. The van der Waals surface area contributed by atoms with Crippen molar-refractivity contribution in [2.24, 2.45) is 0 Å². The summed E-state index contributed by atoms with van der Waals surface area (Å²) in [5.41, 5.74) is 3.16. The lowest BCUT2D eigenvalue weighted by molar-refractivity contribution is 0.502. The molecule has 0 spiro atoms. The Balaban J connectivity index is 1.84. The van der Waals surface area contributed by atoms with Crippen LogP contribution in [0.15, 0.2) is 70.9 Å². The van der Waals surface area contributed by atoms with Crippen molar-refractivity contribution in [3.63, 3.8) is 0 Å². The highest BCUT2D eigenvalue weighted by molar-refractivity contribution is 7.90. The van der Waals surface area contributed by atoms with Crippen LogP contribution in [0.25, 0.3) is 11.3 Å². The van der Waals surface area contributed by atoms with Crippen LogP contribution in [0.4, 0.5) is 0 Å². The quantitative estimate of drug-likeness (QED) is 0.676. The van der Waals surface area contributed by atoms with Gasteiger partial charge in [0.2, 0.25) is 0 Å². The molecule has 0 amide bonds. The molecule has 0 saturated carbocycles. The van der Waals surface area contributed by atoms with Crippen molar-refractivity contribution >= 4 is 32.5 Å². The molecule has 0 fully saturated rings. The van der Waals surface area contributed by atoms with E-state index in [1.165, 1.54) is 6.26 Å². The number of thiophene rings is 1. The van der Waals surface area contributed by atoms with Gasteiger partial charge in [-0.15, -0.1) is 11.3 Å². The average Bonchev–Trinajstić information content (AvgIpc) is 3.14. The molecule has 1 aliphatic rings. The van der Waals surface area contributed by atoms with E-state index < -0.39 is 9.84 Å². The van der Waals surface area contributed by atoms with Crippen LogP contribution in [0.5, 0.6) is 5.75 Å². The number of hydrogen-bond acceptors (Lipinski definition) is 4. The molecule has 2 heterocycles. The molecule has 4 rings (SSSR count). The molecule has 3 nitrogen and oxygen atoms in total. The van der Waals surface area contributed by atoms with E-state index in [2.05, 4.69) is 12.1 Å². The second kappa shape index (κ2) is 6.17. The third kappa shape index (κ3) is 3.13. The van der Waals surface area contributed by atoms with Gasteiger partial charge in [-0.3, -0.25) is 0 Å². The summed E-state index contributed by atoms with van der Waals surface area (Å²) in [4.78, 5) is 1.47. The fraction of sp³-hybridized carbons (Fsp3) is 0.100. The third-order valence-electron chi connectivity index (χ3n) is 4.19. The second-order valence-corrected chi connectivity index (χ2v) is 8.93. The molecule has 0 atom stereocenters. The predicted octanol–water partition coefficient (Wildman–Crippen LogP) is 4.66. The molecular weight excluding hydrogens is 352 g/mol. The maximum absolute atomic E-state index is 11.7. The monoisotopic (exact) mass is 368 g/mol. The number of allylic oxidation sites excluding steroid dienone is 1. The molecule has 2 aromatic carbocycles. The second-order valence-electron chi connectivity index (χ2n) is 5.97. The SMILES string of the molecule is CS(=O)(=O)c1ccc(C2=C(c3cccs3)Cc3ccccc3O2)cc1. The molecule has 126 valence electrons. The lowest BCUT2D eigenvalue weighted by atomic mass is 9.96. The minimum Gasteiger partial charge on any atom is -0.456 e. The Kier molecular flexibility index (Phi) is 3.98. The molecule has 0 radical (unpaired) electrons. The molecular formula is C20H16O3S2. The summed E-state index contributed by atoms with van der Waals surface area (Å²) >= 11 is 1.68. The zero-order valence-corrected chi connectivity index (χ0v) is 15.2. The predicted molar refractivity (Wildman–Crippen MR) is 101 cm³/mol. The van der Waals surface area contributed by atoms with Crippen LogP contribution in [0.2, 0.25) is 0 Å². The van der Waals surface area contributed by atoms with Crippen LogP contribution >= 0.6 is 11.3 Å². The minimum absolute atomic E-state index is 0.311. The molecule has 1 aromatic heterocycles. The largest absolute Gasteiger partial charge is 0.456 e. The number of hydrogen-bond donors (Lipinski definition) is 0. The first-order chi connectivity index (χ1) is 12.0. The van der Waals surface area contributed by atoms with Gasteiger partial charge in [-0.2, -0.15) is 0 Å². The molecule has 0 N–H and O–H groups in total. The van der Waals surface area contributed by atoms with Gasteiger partial charge in [0.1, 0.15) is 11.5 Å². The van der Waals surface area contributed by atoms with Crippen molar-refractivity contribution in [3.8, 4) is 5.75 Å². The first-order valence-corrected chi connectivity index (χ1v) is 10.6. The van der Waals surface area contributed by atoms with Crippen molar-refractivity contribution in [1.29, 1.82) is 0 Å². The number of fused-ring (bicyclic) bond motifs is 1. The van der Waals surface area contributed by atoms with E-state index in [1.807, 2.05) is 41.8 Å². The van der Waals surface area contributed by atoms with E-state index in [0.29, 0.717) is 4.90 Å². The number of sulfone groups is 1. The Hall–Kier alpha value is -2.37. The molecule has 1 aliphatic heterocycles. The summed E-state index contributed by atoms with van der Waals surface area (Å²) in [6, 6.07) is 19.0. The summed E-state index contributed by atoms with van der Waals surface area (Å²) in [6.45, 7) is 0. The molecule has 3 aromatic rings. The zero-order chi connectivity index (χ0) is 17.4. The number of ether oxygens (including phenoxy) is 1. The van der Waals surface area contributed by atoms with E-state index in [4.69, 9.17) is 4.74 Å². The minimum atomic E-state index is -3.21. The van der Waals surface area contributed by atoms with Gasteiger partial charge in [-0.05, 0) is 47.3 Å². The molecule has 5 heteroatoms. The Morgan fingerprint density at radius 1 is 0.960 bits per heavy atom. The van der Waals surface area contributed by atoms with Crippen LogP contribution in [-0.4, -0.2) is 14.7 Å². The van der Waals surface area contributed by atoms with Gasteiger partial charge in [0, 0.05) is 28.7 Å². The van der Waals surface area contributed by atoms with Crippen molar-refractivity contribution < 1.29 is 13.2 Å². The molecule has 0 bridgehead atoms. The summed E-state index contributed by atoms with van der Waals surface area (Å²) in [6.07, 6.45) is 2.01. The summed E-state index contributed by atoms with van der Waals surface area (Å²) in [7, 11) is -3.21. The normalized spacial score (nSPS) is 14.1. The highest BCUT2D eigenvalue weighted by Crippen LogP contribution is 2.40. The van der Waals surface area contributed by atoms with Crippen molar-refractivity contribution in [1.82, 2.24) is 0 Å². The standard InChI is InChI=1S/C20H16O3S2/c1-25(21,22)16-10-8-14(9-11-16)20-17(19-7-4-12-24-19)13-15-5-2-3-6-18(15)23-20/h2-12H,13H2,1H3. The molecule has 0 saturated heterocycles. The molecule has 0 aliphatic carbocycles. The number of rotatable bonds is 3. The van der Waals surface area contributed by atoms with Crippen molar-refractivity contribution in [2.75, 3.05) is 6.26 Å². The van der Waals surface area contributed by atoms with Crippen LogP contribution in [0, 0.1) is 0 Å². The van der Waals surface area contributed by atoms with Crippen LogP contribution < -0.4 is 4.74 Å². The smallest absolute Gasteiger partial charge is 0.175 e. The summed E-state index contributed by atoms with van der Waals surface area (Å²) < 4.78 is 29.6. The third-order valence-corrected chi connectivity index (χ3v) is 6.25. The average molecular weight is 368 g/mol. The maximum Gasteiger partial charge on any atom is 0.175 e. The summed E-state index contributed by atoms with van der Waals surface area (Å²) in [5, 5.41) is 2.05. The lowest BCUT2D eigenvalue weighted by Crippen LogP contribution is -2.09. The van der Waals surface area contributed by atoms with Crippen LogP contribution in [-0.2, 0) is 16.3 Å². The van der Waals surface area contributed by atoms with Gasteiger partial charge in [0.15, 0.2) is 9.84 Å². The van der Waals surface area contributed by atoms with Crippen LogP contribution in [0.1, 0.15) is 16.0 Å². The highest BCUT2D eigenvalue weighted by Gasteiger charge is 2.23. The fourth-order valence-electron chi connectivity index (χ4n) is 2.93. The van der Waals surface area contributed by atoms with Gasteiger partial charge in [0.05, 0.1) is 4.90 Å². The van der Waals surface area contributed by atoms with Crippen molar-refractivity contribution in [3.05, 3.63) is 82.0 Å². The molecule has 25 heavy (non-hydrogen) atoms. The summed E-state index contributed by atoms with van der Waals surface area (Å²) in [5.74, 6) is 1.64. The van der Waals surface area contributed by atoms with Gasteiger partial charge < -0.3 is 4.74 Å². The van der Waals surface area contributed by atoms with E-state index in [0.717, 1.165) is 39.5 Å². The first-order valence-electron chi connectivity index (χ1n) is 7.85. The Bertz CT molecular complexity index is 1040. The fourth-order valence-corrected chi connectivity index (χ4v) is 4.33.